The highest BCUT2D eigenvalue weighted by atomic mass is 127. The maximum absolute atomic E-state index is 7.39. The molecule has 0 N–H and O–H groups in total. The van der Waals surface area contributed by atoms with Crippen molar-refractivity contribution in [3.05, 3.63) is 32.2 Å². The molecule has 0 aliphatic rings. The maximum atomic E-state index is 7.39. The molecule has 1 aromatic rings. The first-order chi connectivity index (χ1) is 5.46. The molecule has 0 saturated carbocycles. The van der Waals surface area contributed by atoms with Crippen molar-refractivity contribution in [1.29, 1.82) is 0 Å². The number of benzene rings is 1. The summed E-state index contributed by atoms with van der Waals surface area (Å²) in [6.45, 7) is 0. The lowest BCUT2D eigenvalue weighted by Gasteiger charge is -1.89. The summed E-state index contributed by atoms with van der Waals surface area (Å²) in [5, 5.41) is 0. The van der Waals surface area contributed by atoms with E-state index in [4.69, 9.17) is 5.48 Å². The second-order valence-electron chi connectivity index (χ2n) is 1.13. The summed E-state index contributed by atoms with van der Waals surface area (Å²) < 4.78 is 30.3. The van der Waals surface area contributed by atoms with Gasteiger partial charge in [0.1, 0.15) is 0 Å². The van der Waals surface area contributed by atoms with Crippen LogP contribution in [0.25, 0.3) is 0 Å². The molecule has 0 aliphatic carbocycles. The van der Waals surface area contributed by atoms with E-state index in [-0.39, 0.29) is 24.2 Å². The number of halogens is 2. The van der Waals surface area contributed by atoms with Crippen molar-refractivity contribution in [2.45, 2.75) is 0 Å². The Hall–Kier alpha value is 0.430. The Balaban J connectivity index is 3.60. The van der Waals surface area contributed by atoms with E-state index in [0.717, 1.165) is 0 Å². The Kier molecular flexibility index (Phi) is 1.06. The first-order valence-corrected chi connectivity index (χ1v) is 3.75. The number of rotatable bonds is 0. The standard InChI is InChI=1S/C6H4BrI/c7-5-3-1-2-4-6(5)8/h1-4H/i1D,2D,3D,4D. The van der Waals surface area contributed by atoms with Gasteiger partial charge in [-0.1, -0.05) is 12.1 Å². The minimum atomic E-state index is -0.202. The summed E-state index contributed by atoms with van der Waals surface area (Å²) >= 11 is 4.98. The summed E-state index contributed by atoms with van der Waals surface area (Å²) in [5.41, 5.74) is 0. The van der Waals surface area contributed by atoms with Gasteiger partial charge in [-0.15, -0.1) is 0 Å². The summed E-state index contributed by atoms with van der Waals surface area (Å²) in [6.07, 6.45) is 0. The highest BCUT2D eigenvalue weighted by molar-refractivity contribution is 14.1. The summed E-state index contributed by atoms with van der Waals surface area (Å²) in [5.74, 6) is 0. The van der Waals surface area contributed by atoms with Crippen LogP contribution in [0.4, 0.5) is 0 Å². The van der Waals surface area contributed by atoms with Crippen LogP contribution in [-0.2, 0) is 0 Å². The molecule has 1 aromatic carbocycles. The minimum absolute atomic E-state index is 0.00322. The molecule has 0 unspecified atom stereocenters. The second kappa shape index (κ2) is 2.82. The zero-order chi connectivity index (χ0) is 9.46. The van der Waals surface area contributed by atoms with Crippen LogP contribution in [0.3, 0.4) is 0 Å². The Morgan fingerprint density at radius 1 is 1.50 bits per heavy atom. The molecule has 1 rings (SSSR count). The first-order valence-electron chi connectivity index (χ1n) is 3.88. The van der Waals surface area contributed by atoms with E-state index in [9.17, 15) is 0 Å². The Bertz CT molecular complexity index is 234. The third-order valence-electron chi connectivity index (χ3n) is 0.600. The van der Waals surface area contributed by atoms with Crippen LogP contribution < -0.4 is 0 Å². The highest BCUT2D eigenvalue weighted by Crippen LogP contribution is 2.16. The van der Waals surface area contributed by atoms with Crippen molar-refractivity contribution < 1.29 is 5.48 Å². The van der Waals surface area contributed by atoms with Crippen LogP contribution in [0.1, 0.15) is 5.48 Å². The van der Waals surface area contributed by atoms with Gasteiger partial charge in [0.15, 0.2) is 0 Å². The van der Waals surface area contributed by atoms with E-state index in [1.165, 1.54) is 0 Å². The molecule has 8 heavy (non-hydrogen) atoms. The smallest absolute Gasteiger partial charge is 0.0611 e. The molecule has 0 fully saturated rings. The average molecular weight is 287 g/mol. The minimum Gasteiger partial charge on any atom is -0.0611 e. The van der Waals surface area contributed by atoms with E-state index >= 15 is 0 Å². The Labute approximate surface area is 76.2 Å². The van der Waals surface area contributed by atoms with Gasteiger partial charge in [-0.2, -0.15) is 0 Å². The second-order valence-corrected chi connectivity index (χ2v) is 3.00. The van der Waals surface area contributed by atoms with Gasteiger partial charge in [-0.05, 0) is 50.6 Å². The molecule has 0 amide bonds. The van der Waals surface area contributed by atoms with Gasteiger partial charge in [0.05, 0.1) is 5.48 Å². The van der Waals surface area contributed by atoms with Crippen molar-refractivity contribution in [2.24, 2.45) is 0 Å². The van der Waals surface area contributed by atoms with E-state index in [0.29, 0.717) is 8.04 Å². The monoisotopic (exact) mass is 286 g/mol. The average Bonchev–Trinajstić information content (AvgIpc) is 2.08. The zero-order valence-electron chi connectivity index (χ0n) is 7.76. The fraction of sp³-hybridized carbons (Fsp3) is 0. The summed E-state index contributed by atoms with van der Waals surface area (Å²) in [4.78, 5) is 0. The van der Waals surface area contributed by atoms with Gasteiger partial charge in [0.2, 0.25) is 0 Å². The van der Waals surface area contributed by atoms with Crippen molar-refractivity contribution in [3.8, 4) is 0 Å². The van der Waals surface area contributed by atoms with Crippen molar-refractivity contribution >= 4 is 38.5 Å². The maximum Gasteiger partial charge on any atom is 0.0635 e. The third kappa shape index (κ3) is 1.45. The molecule has 0 saturated heterocycles. The fourth-order valence-corrected chi connectivity index (χ4v) is 0.750. The van der Waals surface area contributed by atoms with E-state index in [2.05, 4.69) is 15.9 Å². The predicted molar refractivity (Wildman–Crippen MR) is 46.9 cm³/mol. The van der Waals surface area contributed by atoms with Crippen LogP contribution in [0, 0.1) is 3.57 Å². The molecule has 0 spiro atoms. The molecule has 42 valence electrons. The van der Waals surface area contributed by atoms with Gasteiger partial charge in [-0.25, -0.2) is 0 Å². The fourth-order valence-electron chi connectivity index (χ4n) is 0.282. The normalized spacial score (nSPS) is 16.2. The molecule has 0 atom stereocenters. The largest absolute Gasteiger partial charge is 0.0635 e. The topological polar surface area (TPSA) is 0 Å². The van der Waals surface area contributed by atoms with Crippen molar-refractivity contribution in [3.63, 3.8) is 0 Å². The molecule has 0 nitrogen and oxygen atoms in total. The van der Waals surface area contributed by atoms with Crippen LogP contribution in [0.5, 0.6) is 0 Å². The quantitative estimate of drug-likeness (QED) is 0.643. The molecule has 0 bridgehead atoms. The van der Waals surface area contributed by atoms with Crippen LogP contribution in [-0.4, -0.2) is 0 Å². The zero-order valence-corrected chi connectivity index (χ0v) is 7.50. The predicted octanol–water partition coefficient (Wildman–Crippen LogP) is 3.05. The highest BCUT2D eigenvalue weighted by Gasteiger charge is 1.88. The van der Waals surface area contributed by atoms with E-state index < -0.39 is 0 Å². The van der Waals surface area contributed by atoms with E-state index in [1.54, 1.807) is 0 Å². The number of hydrogen-bond acceptors (Lipinski definition) is 0. The lowest BCUT2D eigenvalue weighted by atomic mass is 10.4. The molecule has 0 aromatic heterocycles. The van der Waals surface area contributed by atoms with Gasteiger partial charge in [-0.3, -0.25) is 0 Å². The summed E-state index contributed by atoms with van der Waals surface area (Å²) in [7, 11) is 0. The van der Waals surface area contributed by atoms with E-state index in [1.807, 2.05) is 22.6 Å². The van der Waals surface area contributed by atoms with Crippen LogP contribution in [0.15, 0.2) is 28.6 Å². The van der Waals surface area contributed by atoms with Crippen molar-refractivity contribution in [1.82, 2.24) is 0 Å². The van der Waals surface area contributed by atoms with Crippen LogP contribution in [0.2, 0.25) is 0 Å². The Morgan fingerprint density at radius 3 is 2.88 bits per heavy atom. The molecular weight excluding hydrogens is 279 g/mol. The Morgan fingerprint density at radius 2 is 2.12 bits per heavy atom. The third-order valence-corrected chi connectivity index (χ3v) is 2.74. The van der Waals surface area contributed by atoms with Gasteiger partial charge in [0.25, 0.3) is 0 Å². The SMILES string of the molecule is [2H]c1c([2H])c([2H])c(I)c(Br)c1[2H]. The molecular formula is C6H4BrI. The number of hydrogen-bond donors (Lipinski definition) is 0. The lowest BCUT2D eigenvalue weighted by molar-refractivity contribution is 1.59. The van der Waals surface area contributed by atoms with Crippen molar-refractivity contribution in [2.75, 3.05) is 0 Å². The van der Waals surface area contributed by atoms with Gasteiger partial charge >= 0.3 is 0 Å². The van der Waals surface area contributed by atoms with Gasteiger partial charge in [0, 0.05) is 8.04 Å². The van der Waals surface area contributed by atoms with Crippen LogP contribution >= 0.6 is 38.5 Å². The molecule has 2 heteroatoms. The first kappa shape index (κ1) is 3.01. The lowest BCUT2D eigenvalue weighted by Crippen LogP contribution is -1.68. The molecule has 0 aliphatic heterocycles. The molecule has 0 heterocycles. The summed E-state index contributed by atoms with van der Waals surface area (Å²) in [6, 6.07) is -0.413. The van der Waals surface area contributed by atoms with Gasteiger partial charge < -0.3 is 0 Å². The molecule has 0 radical (unpaired) electrons.